The van der Waals surface area contributed by atoms with Crippen molar-refractivity contribution in [1.82, 2.24) is 8.96 Å². The summed E-state index contributed by atoms with van der Waals surface area (Å²) in [4.78, 5) is 4.52. The smallest absolute Gasteiger partial charge is 0.151 e. The van der Waals surface area contributed by atoms with Crippen LogP contribution in [-0.4, -0.2) is 22.2 Å². The van der Waals surface area contributed by atoms with Crippen molar-refractivity contribution in [3.05, 3.63) is 66.0 Å². The van der Waals surface area contributed by atoms with Crippen LogP contribution in [0.3, 0.4) is 0 Å². The molecule has 1 unspecified atom stereocenters. The molecule has 0 amide bonds. The molecule has 3 aromatic rings. The molecule has 0 bridgehead atoms. The predicted octanol–water partition coefficient (Wildman–Crippen LogP) is 5.60. The van der Waals surface area contributed by atoms with Crippen LogP contribution >= 0.6 is 30.3 Å². The van der Waals surface area contributed by atoms with E-state index in [4.69, 9.17) is 4.74 Å². The van der Waals surface area contributed by atoms with Crippen molar-refractivity contribution in [3.8, 4) is 11.1 Å². The van der Waals surface area contributed by atoms with E-state index in [-0.39, 0.29) is 6.10 Å². The normalized spacial score (nSPS) is 16.3. The number of aromatic nitrogens is 2. The molecule has 120 valence electrons. The first kappa shape index (κ1) is 15.9. The standard InChI is InChI=1S/C19H15IN2OS/c1-23-16-8-6-13-4-5-15(11-14(13)7-9-16)18-12-22(24-20)19-17(18)3-2-10-21-19/h2-12,16H,1H3. The van der Waals surface area contributed by atoms with Crippen molar-refractivity contribution in [2.45, 2.75) is 6.10 Å². The van der Waals surface area contributed by atoms with Crippen LogP contribution in [0.1, 0.15) is 11.1 Å². The summed E-state index contributed by atoms with van der Waals surface area (Å²) in [6.45, 7) is 0. The van der Waals surface area contributed by atoms with Crippen molar-refractivity contribution in [2.24, 2.45) is 0 Å². The molecule has 0 saturated heterocycles. The Morgan fingerprint density at radius 2 is 2.00 bits per heavy atom. The molecule has 2 heterocycles. The van der Waals surface area contributed by atoms with Crippen LogP contribution in [0.15, 0.2) is 54.9 Å². The fourth-order valence-corrected chi connectivity index (χ4v) is 4.23. The Labute approximate surface area is 157 Å². The van der Waals surface area contributed by atoms with Gasteiger partial charge in [0.2, 0.25) is 0 Å². The number of rotatable bonds is 3. The molecule has 1 atom stereocenters. The summed E-state index contributed by atoms with van der Waals surface area (Å²) < 4.78 is 7.51. The van der Waals surface area contributed by atoms with Gasteiger partial charge in [-0.3, -0.25) is 3.97 Å². The van der Waals surface area contributed by atoms with E-state index < -0.39 is 0 Å². The van der Waals surface area contributed by atoms with Gasteiger partial charge >= 0.3 is 0 Å². The highest BCUT2D eigenvalue weighted by Crippen LogP contribution is 2.35. The molecule has 1 aliphatic rings. The quantitative estimate of drug-likeness (QED) is 0.490. The second-order valence-corrected chi connectivity index (χ2v) is 7.29. The van der Waals surface area contributed by atoms with Gasteiger partial charge in [0.25, 0.3) is 0 Å². The third kappa shape index (κ3) is 2.81. The van der Waals surface area contributed by atoms with Crippen LogP contribution in [0.5, 0.6) is 0 Å². The molecule has 0 aliphatic heterocycles. The first-order valence-corrected chi connectivity index (χ1v) is 10.9. The lowest BCUT2D eigenvalue weighted by Crippen LogP contribution is -2.00. The summed E-state index contributed by atoms with van der Waals surface area (Å²) in [6.07, 6.45) is 12.4. The fourth-order valence-electron chi connectivity index (χ4n) is 2.97. The second kappa shape index (κ2) is 6.74. The molecule has 1 aliphatic carbocycles. The molecule has 1 aromatic carbocycles. The van der Waals surface area contributed by atoms with Gasteiger partial charge in [0.1, 0.15) is 0 Å². The number of halogens is 1. The molecular formula is C19H15IN2OS. The average molecular weight is 446 g/mol. The first-order valence-electron chi connectivity index (χ1n) is 7.59. The predicted molar refractivity (Wildman–Crippen MR) is 111 cm³/mol. The van der Waals surface area contributed by atoms with Crippen molar-refractivity contribution in [1.29, 1.82) is 0 Å². The molecule has 0 N–H and O–H groups in total. The van der Waals surface area contributed by atoms with Gasteiger partial charge in [0.05, 0.1) is 6.10 Å². The van der Waals surface area contributed by atoms with E-state index in [1.54, 1.807) is 16.2 Å². The van der Waals surface area contributed by atoms with E-state index in [1.807, 2.05) is 12.3 Å². The van der Waals surface area contributed by atoms with Gasteiger partial charge in [-0.1, -0.05) is 36.4 Å². The SMILES string of the molecule is COC1C=Cc2ccc(-c3cn(SI)c4ncccc34)cc2C=C1. The van der Waals surface area contributed by atoms with Crippen LogP contribution in [0.2, 0.25) is 0 Å². The van der Waals surface area contributed by atoms with Gasteiger partial charge in [0, 0.05) is 60.8 Å². The zero-order valence-electron chi connectivity index (χ0n) is 13.0. The second-order valence-electron chi connectivity index (χ2n) is 5.57. The molecule has 24 heavy (non-hydrogen) atoms. The maximum Gasteiger partial charge on any atom is 0.151 e. The maximum atomic E-state index is 5.40. The monoisotopic (exact) mass is 446 g/mol. The van der Waals surface area contributed by atoms with Crippen LogP contribution in [0.25, 0.3) is 34.3 Å². The van der Waals surface area contributed by atoms with E-state index in [0.717, 1.165) is 5.65 Å². The third-order valence-electron chi connectivity index (χ3n) is 4.21. The summed E-state index contributed by atoms with van der Waals surface area (Å²) in [6, 6.07) is 10.7. The molecule has 3 nitrogen and oxygen atoms in total. The van der Waals surface area contributed by atoms with Crippen LogP contribution in [0, 0.1) is 0 Å². The highest BCUT2D eigenvalue weighted by atomic mass is 127. The largest absolute Gasteiger partial charge is 0.373 e. The van der Waals surface area contributed by atoms with Crippen LogP contribution in [0.4, 0.5) is 0 Å². The number of fused-ring (bicyclic) bond motifs is 2. The Kier molecular flexibility index (Phi) is 4.47. The summed E-state index contributed by atoms with van der Waals surface area (Å²) in [5.74, 6) is 0. The zero-order chi connectivity index (χ0) is 16.5. The molecule has 5 heteroatoms. The minimum Gasteiger partial charge on any atom is -0.373 e. The van der Waals surface area contributed by atoms with E-state index in [9.17, 15) is 0 Å². The molecule has 0 radical (unpaired) electrons. The number of ether oxygens (including phenoxy) is 1. The lowest BCUT2D eigenvalue weighted by Gasteiger charge is -2.05. The van der Waals surface area contributed by atoms with E-state index in [1.165, 1.54) is 27.6 Å². The third-order valence-corrected chi connectivity index (χ3v) is 5.91. The number of nitrogens with zero attached hydrogens (tertiary/aromatic N) is 2. The Morgan fingerprint density at radius 3 is 2.79 bits per heavy atom. The van der Waals surface area contributed by atoms with Gasteiger partial charge in [0.15, 0.2) is 5.65 Å². The lowest BCUT2D eigenvalue weighted by atomic mass is 9.99. The summed E-state index contributed by atoms with van der Waals surface area (Å²) in [7, 11) is 3.36. The minimum absolute atomic E-state index is 0.0300. The van der Waals surface area contributed by atoms with Crippen molar-refractivity contribution in [2.75, 3.05) is 7.11 Å². The van der Waals surface area contributed by atoms with Crippen molar-refractivity contribution in [3.63, 3.8) is 0 Å². The van der Waals surface area contributed by atoms with E-state index in [2.05, 4.69) is 84.9 Å². The number of pyridine rings is 1. The van der Waals surface area contributed by atoms with Gasteiger partial charge < -0.3 is 4.74 Å². The molecule has 0 fully saturated rings. The highest BCUT2D eigenvalue weighted by molar-refractivity contribution is 14.2. The maximum absolute atomic E-state index is 5.40. The summed E-state index contributed by atoms with van der Waals surface area (Å²) in [5, 5.41) is 1.17. The van der Waals surface area contributed by atoms with Gasteiger partial charge in [-0.25, -0.2) is 4.98 Å². The zero-order valence-corrected chi connectivity index (χ0v) is 16.0. The molecule has 0 spiro atoms. The van der Waals surface area contributed by atoms with Gasteiger partial charge in [-0.15, -0.1) is 0 Å². The van der Waals surface area contributed by atoms with Gasteiger partial charge in [-0.2, -0.15) is 0 Å². The van der Waals surface area contributed by atoms with Crippen LogP contribution < -0.4 is 0 Å². The summed E-state index contributed by atoms with van der Waals surface area (Å²) >= 11 is 2.29. The minimum atomic E-state index is 0.0300. The number of benzene rings is 1. The number of hydrogen-bond acceptors (Lipinski definition) is 3. The highest BCUT2D eigenvalue weighted by Gasteiger charge is 2.13. The average Bonchev–Trinajstić information content (AvgIpc) is 2.88. The summed E-state index contributed by atoms with van der Waals surface area (Å²) in [5.41, 5.74) is 5.81. The molecule has 2 aromatic heterocycles. The van der Waals surface area contributed by atoms with Crippen molar-refractivity contribution < 1.29 is 4.74 Å². The van der Waals surface area contributed by atoms with Crippen molar-refractivity contribution >= 4 is 53.5 Å². The van der Waals surface area contributed by atoms with E-state index >= 15 is 0 Å². The topological polar surface area (TPSA) is 27.1 Å². The Balaban J connectivity index is 1.85. The number of methoxy groups -OCH3 is 1. The van der Waals surface area contributed by atoms with Gasteiger partial charge in [-0.05, 0) is 34.9 Å². The molecule has 4 rings (SSSR count). The lowest BCUT2D eigenvalue weighted by molar-refractivity contribution is 0.179. The fraction of sp³-hybridized carbons (Fsp3) is 0.105. The Bertz CT molecular complexity index is 961. The molecule has 0 saturated carbocycles. The Morgan fingerprint density at radius 1 is 1.17 bits per heavy atom. The first-order chi connectivity index (χ1) is 11.8. The Hall–Kier alpha value is -1.57. The van der Waals surface area contributed by atoms with E-state index in [0.29, 0.717) is 0 Å². The number of hydrogen-bond donors (Lipinski definition) is 0. The van der Waals surface area contributed by atoms with Crippen LogP contribution in [-0.2, 0) is 4.74 Å². The molecular weight excluding hydrogens is 431 g/mol.